The van der Waals surface area contributed by atoms with E-state index in [2.05, 4.69) is 67.8 Å². The summed E-state index contributed by atoms with van der Waals surface area (Å²) in [7, 11) is 0. The van der Waals surface area contributed by atoms with Crippen LogP contribution in [0.3, 0.4) is 0 Å². The molecule has 1 rings (SSSR count). The smallest absolute Gasteiger partial charge is 0.220 e. The topological polar surface area (TPSA) is 149 Å². The van der Waals surface area contributed by atoms with Gasteiger partial charge in [-0.1, -0.05) is 254 Å². The van der Waals surface area contributed by atoms with Gasteiger partial charge in [-0.15, -0.1) is 0 Å². The molecule has 1 saturated heterocycles. The number of aliphatic hydroxyl groups excluding tert-OH is 5. The monoisotopic (exact) mass is 972 g/mol. The maximum atomic E-state index is 13.0. The second-order valence-electron chi connectivity index (χ2n) is 20.1. The number of rotatable bonds is 49. The number of hydrogen-bond donors (Lipinski definition) is 6. The molecule has 0 spiro atoms. The third-order valence-corrected chi connectivity index (χ3v) is 13.6. The summed E-state index contributed by atoms with van der Waals surface area (Å²) in [4.78, 5) is 13.0. The molecule has 7 unspecified atom stereocenters. The van der Waals surface area contributed by atoms with Crippen molar-refractivity contribution in [2.75, 3.05) is 13.2 Å². The molecule has 1 aliphatic rings. The Labute approximate surface area is 424 Å². The van der Waals surface area contributed by atoms with Crippen LogP contribution in [0.4, 0.5) is 0 Å². The van der Waals surface area contributed by atoms with Crippen LogP contribution in [-0.4, -0.2) is 87.5 Å². The van der Waals surface area contributed by atoms with Gasteiger partial charge in [0, 0.05) is 6.42 Å². The molecule has 7 atom stereocenters. The number of carbonyl (C=O) groups excluding carboxylic acids is 1. The van der Waals surface area contributed by atoms with Gasteiger partial charge in [-0.25, -0.2) is 0 Å². The van der Waals surface area contributed by atoms with E-state index >= 15 is 0 Å². The predicted molar refractivity (Wildman–Crippen MR) is 290 cm³/mol. The molecule has 9 nitrogen and oxygen atoms in total. The van der Waals surface area contributed by atoms with Crippen molar-refractivity contribution in [2.24, 2.45) is 0 Å². The molecule has 0 aliphatic carbocycles. The second-order valence-corrected chi connectivity index (χ2v) is 20.1. The Balaban J connectivity index is 2.11. The summed E-state index contributed by atoms with van der Waals surface area (Å²) >= 11 is 0. The summed E-state index contributed by atoms with van der Waals surface area (Å²) in [6.07, 6.45) is 60.1. The Morgan fingerprint density at radius 2 is 0.899 bits per heavy atom. The van der Waals surface area contributed by atoms with Crippen LogP contribution in [0, 0.1) is 0 Å². The number of nitrogens with one attached hydrogen (secondary N) is 1. The van der Waals surface area contributed by atoms with Gasteiger partial charge in [0.25, 0.3) is 0 Å². The fourth-order valence-corrected chi connectivity index (χ4v) is 9.03. The van der Waals surface area contributed by atoms with Gasteiger partial charge >= 0.3 is 0 Å². The first-order valence-electron chi connectivity index (χ1n) is 29.0. The lowest BCUT2D eigenvalue weighted by molar-refractivity contribution is -0.302. The van der Waals surface area contributed by atoms with Gasteiger partial charge < -0.3 is 40.3 Å². The van der Waals surface area contributed by atoms with E-state index in [0.29, 0.717) is 6.42 Å². The van der Waals surface area contributed by atoms with Gasteiger partial charge in [0.05, 0.1) is 25.4 Å². The summed E-state index contributed by atoms with van der Waals surface area (Å²) in [5.41, 5.74) is 0. The molecule has 1 fully saturated rings. The van der Waals surface area contributed by atoms with Gasteiger partial charge in [0.2, 0.25) is 5.91 Å². The van der Waals surface area contributed by atoms with Crippen LogP contribution in [0.1, 0.15) is 258 Å². The molecule has 0 aromatic heterocycles. The molecular weight excluding hydrogens is 863 g/mol. The number of hydrogen-bond acceptors (Lipinski definition) is 8. The van der Waals surface area contributed by atoms with Crippen molar-refractivity contribution >= 4 is 5.91 Å². The molecule has 1 amide bonds. The number of allylic oxidation sites excluding steroid dienone is 9. The van der Waals surface area contributed by atoms with Crippen molar-refractivity contribution in [1.29, 1.82) is 0 Å². The molecule has 9 heteroatoms. The molecule has 0 radical (unpaired) electrons. The Hall–Kier alpha value is -2.11. The van der Waals surface area contributed by atoms with Gasteiger partial charge in [-0.05, 0) is 57.8 Å². The predicted octanol–water partition coefficient (Wildman–Crippen LogP) is 14.3. The lowest BCUT2D eigenvalue weighted by Crippen LogP contribution is -2.60. The van der Waals surface area contributed by atoms with E-state index in [1.54, 1.807) is 6.08 Å². The molecule has 0 saturated carbocycles. The SMILES string of the molecule is CC/C=C\C/C=C\C/C=C\C/C=C\CCCCCCCCCCCCCCCCCCCCCCC(=O)NC(COC1OC(CO)C(O)C(O)C1O)C(O)/C=C/CCCCCCCCCCCCC. The maximum Gasteiger partial charge on any atom is 0.220 e. The van der Waals surface area contributed by atoms with Gasteiger partial charge in [0.15, 0.2) is 6.29 Å². The molecule has 0 aromatic rings. The largest absolute Gasteiger partial charge is 0.394 e. The average molecular weight is 973 g/mol. The van der Waals surface area contributed by atoms with Crippen molar-refractivity contribution in [3.8, 4) is 0 Å². The summed E-state index contributed by atoms with van der Waals surface area (Å²) < 4.78 is 11.2. The first-order chi connectivity index (χ1) is 33.8. The highest BCUT2D eigenvalue weighted by Gasteiger charge is 2.44. The lowest BCUT2D eigenvalue weighted by atomic mass is 9.99. The summed E-state index contributed by atoms with van der Waals surface area (Å²) in [5, 5.41) is 54.4. The molecular formula is C60H109NO8. The molecule has 0 aromatic carbocycles. The quantitative estimate of drug-likeness (QED) is 0.0261. The van der Waals surface area contributed by atoms with E-state index in [4.69, 9.17) is 9.47 Å². The van der Waals surface area contributed by atoms with E-state index in [0.717, 1.165) is 64.2 Å². The molecule has 1 aliphatic heterocycles. The Kier molecular flexibility index (Phi) is 46.5. The first kappa shape index (κ1) is 64.9. The van der Waals surface area contributed by atoms with Gasteiger partial charge in [0.1, 0.15) is 24.4 Å². The molecule has 69 heavy (non-hydrogen) atoms. The third kappa shape index (κ3) is 39.1. The van der Waals surface area contributed by atoms with E-state index < -0.39 is 49.5 Å². The van der Waals surface area contributed by atoms with Crippen LogP contribution in [0.25, 0.3) is 0 Å². The van der Waals surface area contributed by atoms with E-state index in [-0.39, 0.29) is 12.5 Å². The van der Waals surface area contributed by atoms with E-state index in [1.807, 2.05) is 6.08 Å². The number of carbonyl (C=O) groups is 1. The number of unbranched alkanes of at least 4 members (excludes halogenated alkanes) is 31. The van der Waals surface area contributed by atoms with Crippen LogP contribution < -0.4 is 5.32 Å². The summed E-state index contributed by atoms with van der Waals surface area (Å²) in [5.74, 6) is -0.175. The van der Waals surface area contributed by atoms with Crippen molar-refractivity contribution in [3.63, 3.8) is 0 Å². The highest BCUT2D eigenvalue weighted by molar-refractivity contribution is 5.76. The van der Waals surface area contributed by atoms with Gasteiger partial charge in [-0.3, -0.25) is 4.79 Å². The summed E-state index contributed by atoms with van der Waals surface area (Å²) in [6.45, 7) is 3.67. The number of aliphatic hydroxyl groups is 5. The Morgan fingerprint density at radius 3 is 1.33 bits per heavy atom. The minimum Gasteiger partial charge on any atom is -0.394 e. The highest BCUT2D eigenvalue weighted by Crippen LogP contribution is 2.23. The van der Waals surface area contributed by atoms with Crippen LogP contribution in [-0.2, 0) is 14.3 Å². The normalized spacial score (nSPS) is 19.9. The summed E-state index contributed by atoms with van der Waals surface area (Å²) in [6, 6.07) is -0.804. The van der Waals surface area contributed by atoms with Crippen LogP contribution in [0.15, 0.2) is 60.8 Å². The average Bonchev–Trinajstić information content (AvgIpc) is 3.35. The molecule has 1 heterocycles. The standard InChI is InChI=1S/C60H109NO8/c1-3-5-7-9-11-13-15-17-18-19-20-21-22-23-24-25-26-27-28-29-30-31-32-33-34-35-36-38-40-42-44-46-48-50-56(64)61-53(52-68-60-59(67)58(66)57(65)55(51-62)69-60)54(63)49-47-45-43-41-39-37-16-14-12-10-8-6-4-2/h5,7,11,13,17-18,20-21,47,49,53-55,57-60,62-63,65-67H,3-4,6,8-10,12,14-16,19,22-46,48,50-52H2,1-2H3,(H,61,64)/b7-5-,13-11-,18-17-,21-20-,49-47+. The van der Waals surface area contributed by atoms with Gasteiger partial charge in [-0.2, -0.15) is 0 Å². The van der Waals surface area contributed by atoms with E-state index in [9.17, 15) is 30.3 Å². The molecule has 6 N–H and O–H groups in total. The first-order valence-corrected chi connectivity index (χ1v) is 29.0. The van der Waals surface area contributed by atoms with Crippen molar-refractivity contribution in [3.05, 3.63) is 60.8 Å². The maximum absolute atomic E-state index is 13.0. The van der Waals surface area contributed by atoms with E-state index in [1.165, 1.54) is 173 Å². The zero-order valence-corrected chi connectivity index (χ0v) is 44.6. The number of ether oxygens (including phenoxy) is 2. The molecule has 0 bridgehead atoms. The third-order valence-electron chi connectivity index (χ3n) is 13.6. The second kappa shape index (κ2) is 49.5. The van der Waals surface area contributed by atoms with Crippen molar-refractivity contribution in [2.45, 2.75) is 301 Å². The molecule has 402 valence electrons. The number of amides is 1. The fraction of sp³-hybridized carbons (Fsp3) is 0.817. The Morgan fingerprint density at radius 1 is 0.507 bits per heavy atom. The minimum atomic E-state index is -1.57. The van der Waals surface area contributed by atoms with Crippen molar-refractivity contribution in [1.82, 2.24) is 5.32 Å². The highest BCUT2D eigenvalue weighted by atomic mass is 16.7. The van der Waals surface area contributed by atoms with Crippen molar-refractivity contribution < 1.29 is 39.8 Å². The minimum absolute atomic E-state index is 0.175. The van der Waals surface area contributed by atoms with Crippen LogP contribution >= 0.6 is 0 Å². The van der Waals surface area contributed by atoms with Crippen LogP contribution in [0.2, 0.25) is 0 Å². The zero-order chi connectivity index (χ0) is 50.1. The fourth-order valence-electron chi connectivity index (χ4n) is 9.03. The van der Waals surface area contributed by atoms with Crippen LogP contribution in [0.5, 0.6) is 0 Å². The lowest BCUT2D eigenvalue weighted by Gasteiger charge is -2.40. The Bertz CT molecular complexity index is 1270. The zero-order valence-electron chi connectivity index (χ0n) is 44.6.